The van der Waals surface area contributed by atoms with Gasteiger partial charge in [0.05, 0.1) is 12.2 Å². The number of nitrogens with one attached hydrogen (secondary N) is 1. The summed E-state index contributed by atoms with van der Waals surface area (Å²) >= 11 is 0. The van der Waals surface area contributed by atoms with Crippen LogP contribution in [0.4, 0.5) is 4.39 Å². The summed E-state index contributed by atoms with van der Waals surface area (Å²) in [5.41, 5.74) is 0.199. The molecule has 0 saturated heterocycles. The van der Waals surface area contributed by atoms with Gasteiger partial charge in [-0.1, -0.05) is 26.0 Å². The molecule has 160 valence electrons. The van der Waals surface area contributed by atoms with Gasteiger partial charge in [0, 0.05) is 5.56 Å². The molecular formula is C23H26FNO5. The minimum absolute atomic E-state index is 0.172. The third-order valence-corrected chi connectivity index (χ3v) is 4.44. The molecule has 6 nitrogen and oxygen atoms in total. The Hall–Kier alpha value is -3.22. The minimum atomic E-state index is -1.05. The van der Waals surface area contributed by atoms with E-state index >= 15 is 0 Å². The normalized spacial score (nSPS) is 12.7. The Morgan fingerprint density at radius 3 is 2.20 bits per heavy atom. The van der Waals surface area contributed by atoms with Crippen LogP contribution in [0.25, 0.3) is 0 Å². The van der Waals surface area contributed by atoms with E-state index in [0.29, 0.717) is 17.9 Å². The van der Waals surface area contributed by atoms with Crippen LogP contribution in [0, 0.1) is 11.7 Å². The van der Waals surface area contributed by atoms with Crippen molar-refractivity contribution in [1.82, 2.24) is 5.32 Å². The Bertz CT molecular complexity index is 895. The third-order valence-electron chi connectivity index (χ3n) is 4.44. The van der Waals surface area contributed by atoms with Gasteiger partial charge in [-0.3, -0.25) is 9.59 Å². The first kappa shape index (κ1) is 23.1. The van der Waals surface area contributed by atoms with Crippen LogP contribution in [0.3, 0.4) is 0 Å². The Morgan fingerprint density at radius 1 is 1.00 bits per heavy atom. The van der Waals surface area contributed by atoms with Gasteiger partial charge in [0.15, 0.2) is 6.10 Å². The summed E-state index contributed by atoms with van der Waals surface area (Å²) in [5, 5.41) is 2.50. The maximum atomic E-state index is 13.8. The smallest absolute Gasteiger partial charge is 0.329 e. The quantitative estimate of drug-likeness (QED) is 0.498. The van der Waals surface area contributed by atoms with E-state index in [4.69, 9.17) is 9.47 Å². The van der Waals surface area contributed by atoms with Crippen molar-refractivity contribution in [2.45, 2.75) is 39.8 Å². The van der Waals surface area contributed by atoms with Crippen molar-refractivity contribution in [3.63, 3.8) is 0 Å². The predicted molar refractivity (Wildman–Crippen MR) is 110 cm³/mol. The van der Waals surface area contributed by atoms with Crippen LogP contribution in [-0.4, -0.2) is 36.4 Å². The zero-order valence-corrected chi connectivity index (χ0v) is 17.5. The molecule has 2 aromatic carbocycles. The van der Waals surface area contributed by atoms with Gasteiger partial charge in [0.25, 0.3) is 5.91 Å². The Labute approximate surface area is 175 Å². The average molecular weight is 415 g/mol. The number of hydrogen-bond donors (Lipinski definition) is 1. The molecule has 7 heteroatoms. The number of ketones is 1. The average Bonchev–Trinajstić information content (AvgIpc) is 2.72. The zero-order chi connectivity index (χ0) is 22.3. The highest BCUT2D eigenvalue weighted by atomic mass is 19.1. The number of ether oxygens (including phenoxy) is 2. The van der Waals surface area contributed by atoms with Crippen LogP contribution in [-0.2, 0) is 9.53 Å². The lowest BCUT2D eigenvalue weighted by Gasteiger charge is -2.23. The number of Topliss-reactive ketones (excluding diaryl/α,β-unsaturated/α-hetero) is 1. The van der Waals surface area contributed by atoms with Gasteiger partial charge in [-0.15, -0.1) is 0 Å². The number of amides is 1. The van der Waals surface area contributed by atoms with Crippen LogP contribution >= 0.6 is 0 Å². The zero-order valence-electron chi connectivity index (χ0n) is 17.5. The van der Waals surface area contributed by atoms with Crippen molar-refractivity contribution in [1.29, 1.82) is 0 Å². The molecule has 0 aliphatic carbocycles. The molecule has 0 aliphatic heterocycles. The molecule has 1 amide bonds. The SMILES string of the molecule is CCOc1ccc(C(=O)[C@H](C)OC(=O)[C@H](NC(=O)c2ccccc2F)C(C)C)cc1. The van der Waals surface area contributed by atoms with Gasteiger partial charge < -0.3 is 14.8 Å². The van der Waals surface area contributed by atoms with Crippen molar-refractivity contribution in [3.8, 4) is 5.75 Å². The van der Waals surface area contributed by atoms with Crippen LogP contribution in [0.2, 0.25) is 0 Å². The summed E-state index contributed by atoms with van der Waals surface area (Å²) in [5.74, 6) is -2.26. The summed E-state index contributed by atoms with van der Waals surface area (Å²) in [6, 6.07) is 11.0. The van der Waals surface area contributed by atoms with Crippen molar-refractivity contribution in [3.05, 3.63) is 65.5 Å². The standard InChI is InChI=1S/C23H26FNO5/c1-5-29-17-12-10-16(11-13-17)21(26)15(4)30-23(28)20(14(2)3)25-22(27)18-8-6-7-9-19(18)24/h6-15,20H,5H2,1-4H3,(H,25,27)/t15-,20+/m0/s1. The summed E-state index contributed by atoms with van der Waals surface area (Å²) in [6.07, 6.45) is -1.05. The molecule has 2 atom stereocenters. The molecule has 0 aliphatic rings. The fraction of sp³-hybridized carbons (Fsp3) is 0.348. The Balaban J connectivity index is 2.05. The summed E-state index contributed by atoms with van der Waals surface area (Å²) in [7, 11) is 0. The molecule has 1 N–H and O–H groups in total. The number of benzene rings is 2. The van der Waals surface area contributed by atoms with Crippen LogP contribution in [0.1, 0.15) is 48.4 Å². The van der Waals surface area contributed by atoms with Gasteiger partial charge in [-0.05, 0) is 56.2 Å². The molecule has 0 spiro atoms. The van der Waals surface area contributed by atoms with Gasteiger partial charge in [0.1, 0.15) is 17.6 Å². The van der Waals surface area contributed by atoms with E-state index in [2.05, 4.69) is 5.32 Å². The number of carbonyl (C=O) groups excluding carboxylic acids is 3. The predicted octanol–water partition coefficient (Wildman–Crippen LogP) is 3.79. The lowest BCUT2D eigenvalue weighted by Crippen LogP contribution is -2.47. The first-order valence-corrected chi connectivity index (χ1v) is 9.77. The van der Waals surface area contributed by atoms with E-state index in [-0.39, 0.29) is 17.3 Å². The second-order valence-corrected chi connectivity index (χ2v) is 7.08. The number of esters is 1. The lowest BCUT2D eigenvalue weighted by atomic mass is 10.0. The van der Waals surface area contributed by atoms with Crippen LogP contribution in [0.15, 0.2) is 48.5 Å². The van der Waals surface area contributed by atoms with E-state index in [9.17, 15) is 18.8 Å². The molecule has 0 heterocycles. The van der Waals surface area contributed by atoms with Gasteiger partial charge >= 0.3 is 5.97 Å². The number of carbonyl (C=O) groups is 3. The van der Waals surface area contributed by atoms with E-state index in [1.807, 2.05) is 6.92 Å². The molecule has 0 bridgehead atoms. The van der Waals surface area contributed by atoms with Crippen molar-refractivity contribution in [2.75, 3.05) is 6.61 Å². The first-order chi connectivity index (χ1) is 14.2. The molecule has 30 heavy (non-hydrogen) atoms. The molecule has 0 fully saturated rings. The van der Waals surface area contributed by atoms with E-state index in [1.54, 1.807) is 38.1 Å². The minimum Gasteiger partial charge on any atom is -0.494 e. The molecule has 0 saturated carbocycles. The van der Waals surface area contributed by atoms with Gasteiger partial charge in [0.2, 0.25) is 5.78 Å². The number of rotatable bonds is 9. The monoisotopic (exact) mass is 415 g/mol. The number of hydrogen-bond acceptors (Lipinski definition) is 5. The first-order valence-electron chi connectivity index (χ1n) is 9.77. The summed E-state index contributed by atoms with van der Waals surface area (Å²) in [4.78, 5) is 37.6. The maximum absolute atomic E-state index is 13.8. The van der Waals surface area contributed by atoms with Crippen molar-refractivity contribution in [2.24, 2.45) is 5.92 Å². The maximum Gasteiger partial charge on any atom is 0.329 e. The highest BCUT2D eigenvalue weighted by Crippen LogP contribution is 2.16. The fourth-order valence-electron chi connectivity index (χ4n) is 2.78. The molecule has 0 unspecified atom stereocenters. The molecule has 0 aromatic heterocycles. The lowest BCUT2D eigenvalue weighted by molar-refractivity contribution is -0.149. The molecular weight excluding hydrogens is 389 g/mol. The van der Waals surface area contributed by atoms with Crippen molar-refractivity contribution < 1.29 is 28.2 Å². The van der Waals surface area contributed by atoms with E-state index < -0.39 is 29.8 Å². The Morgan fingerprint density at radius 2 is 1.63 bits per heavy atom. The summed E-state index contributed by atoms with van der Waals surface area (Å²) < 4.78 is 24.5. The van der Waals surface area contributed by atoms with Gasteiger partial charge in [-0.25, -0.2) is 9.18 Å². The highest BCUT2D eigenvalue weighted by molar-refractivity contribution is 6.01. The third kappa shape index (κ3) is 5.89. The molecule has 2 aromatic rings. The van der Waals surface area contributed by atoms with E-state index in [0.717, 1.165) is 6.07 Å². The van der Waals surface area contributed by atoms with E-state index in [1.165, 1.54) is 25.1 Å². The fourth-order valence-corrected chi connectivity index (χ4v) is 2.78. The second-order valence-electron chi connectivity index (χ2n) is 7.08. The van der Waals surface area contributed by atoms with Gasteiger partial charge in [-0.2, -0.15) is 0 Å². The molecule has 0 radical (unpaired) electrons. The second kappa shape index (κ2) is 10.5. The largest absolute Gasteiger partial charge is 0.494 e. The summed E-state index contributed by atoms with van der Waals surface area (Å²) in [6.45, 7) is 7.26. The van der Waals surface area contributed by atoms with Crippen molar-refractivity contribution >= 4 is 17.7 Å². The van der Waals surface area contributed by atoms with Crippen LogP contribution in [0.5, 0.6) is 5.75 Å². The van der Waals surface area contributed by atoms with Crippen LogP contribution < -0.4 is 10.1 Å². The number of halogens is 1. The molecule has 2 rings (SSSR count). The highest BCUT2D eigenvalue weighted by Gasteiger charge is 2.30. The topological polar surface area (TPSA) is 81.7 Å². The Kier molecular flexibility index (Phi) is 8.09.